The van der Waals surface area contributed by atoms with Crippen LogP contribution in [0.25, 0.3) is 11.2 Å². The minimum absolute atomic E-state index is 0.00450. The van der Waals surface area contributed by atoms with Crippen molar-refractivity contribution in [2.45, 2.75) is 44.7 Å². The van der Waals surface area contributed by atoms with Crippen molar-refractivity contribution in [2.75, 3.05) is 37.7 Å². The SMILES string of the molecule is CC1CN(c2cccc3c2OC(c2ccc(Cl)cc2F)CO3)CCN1Cc1nc2ccc(C(=O)O)nc2n1CC1CCO1. The minimum Gasteiger partial charge on any atom is -0.485 e. The van der Waals surface area contributed by atoms with Crippen LogP contribution in [0.15, 0.2) is 48.5 Å². The van der Waals surface area contributed by atoms with E-state index in [1.54, 1.807) is 18.2 Å². The number of carboxylic acid groups (broad SMARTS) is 1. The molecule has 0 spiro atoms. The van der Waals surface area contributed by atoms with Gasteiger partial charge in [0.05, 0.1) is 24.9 Å². The van der Waals surface area contributed by atoms with E-state index in [-0.39, 0.29) is 24.4 Å². The van der Waals surface area contributed by atoms with Crippen molar-refractivity contribution in [3.8, 4) is 11.5 Å². The maximum Gasteiger partial charge on any atom is 0.354 e. The average Bonchev–Trinajstić information content (AvgIpc) is 3.31. The number of nitrogens with zero attached hydrogens (tertiary/aromatic N) is 5. The molecular formula is C31H31ClFN5O5. The Morgan fingerprint density at radius 2 is 2.02 bits per heavy atom. The second-order valence-corrected chi connectivity index (χ2v) is 11.7. The van der Waals surface area contributed by atoms with Crippen LogP contribution in [-0.4, -0.2) is 75.5 Å². The minimum atomic E-state index is -1.07. The molecule has 43 heavy (non-hydrogen) atoms. The third kappa shape index (κ3) is 5.37. The summed E-state index contributed by atoms with van der Waals surface area (Å²) in [5.74, 6) is 0.591. The standard InChI is InChI=1S/C31H31ClFN5O5/c1-18-14-37(25-3-2-4-26-29(25)43-27(17-42-26)21-6-5-19(32)13-22(21)33)11-10-36(18)16-28-34-23-7-8-24(31(39)40)35-30(23)38(28)15-20-9-12-41-20/h2-8,13,18,20,27H,9-12,14-17H2,1H3,(H,39,40). The predicted octanol–water partition coefficient (Wildman–Crippen LogP) is 4.93. The molecule has 2 saturated heterocycles. The number of anilines is 1. The number of piperazine rings is 1. The van der Waals surface area contributed by atoms with Crippen LogP contribution in [0.2, 0.25) is 5.02 Å². The highest BCUT2D eigenvalue weighted by Crippen LogP contribution is 2.44. The van der Waals surface area contributed by atoms with E-state index in [0.29, 0.717) is 46.3 Å². The molecule has 3 aliphatic rings. The van der Waals surface area contributed by atoms with Gasteiger partial charge in [0.25, 0.3) is 0 Å². The Labute approximate surface area is 252 Å². The van der Waals surface area contributed by atoms with Crippen LogP contribution in [-0.2, 0) is 17.8 Å². The molecule has 224 valence electrons. The summed E-state index contributed by atoms with van der Waals surface area (Å²) < 4.78 is 34.8. The summed E-state index contributed by atoms with van der Waals surface area (Å²) in [6, 6.07) is 13.8. The van der Waals surface area contributed by atoms with Crippen LogP contribution >= 0.6 is 11.6 Å². The highest BCUT2D eigenvalue weighted by Gasteiger charge is 2.32. The van der Waals surface area contributed by atoms with Crippen LogP contribution in [0.3, 0.4) is 0 Å². The van der Waals surface area contributed by atoms with E-state index in [2.05, 4.69) is 21.7 Å². The van der Waals surface area contributed by atoms with Crippen LogP contribution in [0.4, 0.5) is 10.1 Å². The first-order valence-corrected chi connectivity index (χ1v) is 14.8. The highest BCUT2D eigenvalue weighted by molar-refractivity contribution is 6.30. The molecule has 7 rings (SSSR count). The molecule has 0 bridgehead atoms. The zero-order valence-corrected chi connectivity index (χ0v) is 24.3. The van der Waals surface area contributed by atoms with Crippen LogP contribution in [0.5, 0.6) is 11.5 Å². The average molecular weight is 608 g/mol. The number of hydrogen-bond donors (Lipinski definition) is 1. The van der Waals surface area contributed by atoms with Crippen molar-refractivity contribution in [3.63, 3.8) is 0 Å². The Balaban J connectivity index is 1.10. The second kappa shape index (κ2) is 11.3. The zero-order chi connectivity index (χ0) is 29.7. The number of aromatic carboxylic acids is 1. The van der Waals surface area contributed by atoms with Gasteiger partial charge < -0.3 is 28.8 Å². The maximum atomic E-state index is 14.7. The molecule has 3 aliphatic heterocycles. The topological polar surface area (TPSA) is 102 Å². The van der Waals surface area contributed by atoms with Gasteiger partial charge in [0.15, 0.2) is 28.9 Å². The van der Waals surface area contributed by atoms with Gasteiger partial charge >= 0.3 is 5.97 Å². The van der Waals surface area contributed by atoms with E-state index in [4.69, 9.17) is 30.8 Å². The molecule has 0 radical (unpaired) electrons. The number of carbonyl (C=O) groups is 1. The molecule has 2 fully saturated rings. The summed E-state index contributed by atoms with van der Waals surface area (Å²) in [5, 5.41) is 9.83. The Morgan fingerprint density at radius 3 is 2.77 bits per heavy atom. The number of imidazole rings is 1. The lowest BCUT2D eigenvalue weighted by molar-refractivity contribution is -0.0593. The normalized spacial score (nSPS) is 22.0. The number of hydrogen-bond acceptors (Lipinski definition) is 8. The third-order valence-electron chi connectivity index (χ3n) is 8.44. The Kier molecular flexibility index (Phi) is 7.32. The van der Waals surface area contributed by atoms with Gasteiger partial charge in [-0.2, -0.15) is 0 Å². The van der Waals surface area contributed by atoms with Gasteiger partial charge in [0.2, 0.25) is 0 Å². The van der Waals surface area contributed by atoms with Gasteiger partial charge in [-0.15, -0.1) is 0 Å². The molecule has 1 N–H and O–H groups in total. The van der Waals surface area contributed by atoms with Crippen molar-refractivity contribution in [1.29, 1.82) is 0 Å². The van der Waals surface area contributed by atoms with E-state index in [1.807, 2.05) is 22.8 Å². The number of para-hydroxylation sites is 1. The van der Waals surface area contributed by atoms with E-state index in [0.717, 1.165) is 44.2 Å². The second-order valence-electron chi connectivity index (χ2n) is 11.2. The van der Waals surface area contributed by atoms with Gasteiger partial charge in [-0.25, -0.2) is 19.2 Å². The smallest absolute Gasteiger partial charge is 0.354 e. The fourth-order valence-corrected chi connectivity index (χ4v) is 6.14. The van der Waals surface area contributed by atoms with Crippen molar-refractivity contribution in [2.24, 2.45) is 0 Å². The quantitative estimate of drug-likeness (QED) is 0.313. The number of halogens is 2. The van der Waals surface area contributed by atoms with E-state index in [1.165, 1.54) is 12.1 Å². The first kappa shape index (κ1) is 27.9. The largest absolute Gasteiger partial charge is 0.485 e. The number of ether oxygens (including phenoxy) is 3. The fraction of sp³-hybridized carbons (Fsp3) is 0.387. The van der Waals surface area contributed by atoms with Crippen molar-refractivity contribution >= 4 is 34.4 Å². The maximum absolute atomic E-state index is 14.7. The van der Waals surface area contributed by atoms with Crippen molar-refractivity contribution in [3.05, 3.63) is 76.5 Å². The number of benzene rings is 2. The van der Waals surface area contributed by atoms with Crippen LogP contribution in [0, 0.1) is 5.82 Å². The summed E-state index contributed by atoms with van der Waals surface area (Å²) >= 11 is 5.96. The van der Waals surface area contributed by atoms with Crippen molar-refractivity contribution < 1.29 is 28.5 Å². The third-order valence-corrected chi connectivity index (χ3v) is 8.67. The first-order valence-electron chi connectivity index (χ1n) is 14.4. The summed E-state index contributed by atoms with van der Waals surface area (Å²) in [6.45, 7) is 6.50. The lowest BCUT2D eigenvalue weighted by Crippen LogP contribution is -2.52. The summed E-state index contributed by atoms with van der Waals surface area (Å²) in [5.41, 5.74) is 2.54. The summed E-state index contributed by atoms with van der Waals surface area (Å²) in [7, 11) is 0. The molecule has 3 unspecified atom stereocenters. The van der Waals surface area contributed by atoms with Crippen molar-refractivity contribution in [1.82, 2.24) is 19.4 Å². The van der Waals surface area contributed by atoms with Gasteiger partial charge in [-0.3, -0.25) is 4.90 Å². The lowest BCUT2D eigenvalue weighted by Gasteiger charge is -2.42. The Morgan fingerprint density at radius 1 is 1.16 bits per heavy atom. The number of rotatable bonds is 7. The number of carboxylic acids is 1. The van der Waals surface area contributed by atoms with Gasteiger partial charge in [-0.05, 0) is 49.7 Å². The highest BCUT2D eigenvalue weighted by atomic mass is 35.5. The molecule has 5 heterocycles. The van der Waals surface area contributed by atoms with Gasteiger partial charge in [0.1, 0.15) is 23.8 Å². The molecule has 10 nitrogen and oxygen atoms in total. The first-order chi connectivity index (χ1) is 20.8. The van der Waals surface area contributed by atoms with E-state index >= 15 is 0 Å². The predicted molar refractivity (Wildman–Crippen MR) is 158 cm³/mol. The Hall–Kier alpha value is -3.93. The van der Waals surface area contributed by atoms with E-state index in [9.17, 15) is 14.3 Å². The zero-order valence-electron chi connectivity index (χ0n) is 23.6. The summed E-state index contributed by atoms with van der Waals surface area (Å²) in [6.07, 6.45) is 0.427. The molecular weight excluding hydrogens is 577 g/mol. The van der Waals surface area contributed by atoms with Crippen LogP contribution in [0.1, 0.15) is 41.3 Å². The number of pyridine rings is 1. The van der Waals surface area contributed by atoms with E-state index < -0.39 is 17.9 Å². The Bertz CT molecular complexity index is 1690. The van der Waals surface area contributed by atoms with Gasteiger partial charge in [-0.1, -0.05) is 23.7 Å². The van der Waals surface area contributed by atoms with Crippen LogP contribution < -0.4 is 14.4 Å². The molecule has 0 saturated carbocycles. The number of fused-ring (bicyclic) bond motifs is 2. The van der Waals surface area contributed by atoms with Gasteiger partial charge in [0, 0.05) is 42.9 Å². The fourth-order valence-electron chi connectivity index (χ4n) is 5.99. The molecule has 3 atom stereocenters. The lowest BCUT2D eigenvalue weighted by atomic mass is 10.1. The molecule has 0 aliphatic carbocycles. The molecule has 12 heteroatoms. The molecule has 2 aromatic carbocycles. The molecule has 4 aromatic rings. The monoisotopic (exact) mass is 607 g/mol. The summed E-state index contributed by atoms with van der Waals surface area (Å²) in [4.78, 5) is 25.5. The molecule has 0 amide bonds. The molecule has 2 aromatic heterocycles. The number of aromatic nitrogens is 3.